The van der Waals surface area contributed by atoms with Crippen molar-refractivity contribution in [2.24, 2.45) is 5.73 Å². The van der Waals surface area contributed by atoms with Crippen molar-refractivity contribution in [3.8, 4) is 0 Å². The minimum Gasteiger partial charge on any atom is -0.448 e. The summed E-state index contributed by atoms with van der Waals surface area (Å²) in [6.07, 6.45) is 0.199. The SMILES string of the molecule is NC(=O)OCCn1cn[nH]c(=O)c1=O. The Bertz CT molecular complexity index is 434. The highest BCUT2D eigenvalue weighted by molar-refractivity contribution is 5.64. The number of carbonyl (C=O) groups is 1. The average Bonchev–Trinajstić information content (AvgIpc) is 2.12. The van der Waals surface area contributed by atoms with E-state index in [1.54, 1.807) is 0 Å². The van der Waals surface area contributed by atoms with Crippen LogP contribution in [-0.4, -0.2) is 27.5 Å². The molecule has 76 valence electrons. The van der Waals surface area contributed by atoms with E-state index in [2.05, 4.69) is 9.84 Å². The molecule has 1 heterocycles. The summed E-state index contributed by atoms with van der Waals surface area (Å²) in [7, 11) is 0. The van der Waals surface area contributed by atoms with Gasteiger partial charge in [0.2, 0.25) is 0 Å². The second kappa shape index (κ2) is 4.21. The van der Waals surface area contributed by atoms with Crippen LogP contribution in [0, 0.1) is 0 Å². The first-order chi connectivity index (χ1) is 6.61. The van der Waals surface area contributed by atoms with Gasteiger partial charge in [0.1, 0.15) is 12.9 Å². The number of hydrogen-bond acceptors (Lipinski definition) is 5. The molecule has 1 aromatic rings. The van der Waals surface area contributed by atoms with Crippen LogP contribution >= 0.6 is 0 Å². The van der Waals surface area contributed by atoms with Gasteiger partial charge in [-0.05, 0) is 0 Å². The van der Waals surface area contributed by atoms with Crippen molar-refractivity contribution in [3.05, 3.63) is 27.0 Å². The van der Waals surface area contributed by atoms with Crippen molar-refractivity contribution in [2.75, 3.05) is 6.61 Å². The highest BCUT2D eigenvalue weighted by Gasteiger charge is 2.00. The summed E-state index contributed by atoms with van der Waals surface area (Å²) in [5.74, 6) is 0. The molecule has 8 heteroatoms. The van der Waals surface area contributed by atoms with Crippen LogP contribution in [0.15, 0.2) is 15.9 Å². The molecular weight excluding hydrogens is 192 g/mol. The topological polar surface area (TPSA) is 120 Å². The molecule has 0 bridgehead atoms. The first-order valence-corrected chi connectivity index (χ1v) is 3.67. The standard InChI is InChI=1S/C6H8N4O4/c7-6(13)14-2-1-10-3-8-9-4(11)5(10)12/h3H,1-2H2,(H2,7,13)(H,9,11). The highest BCUT2D eigenvalue weighted by atomic mass is 16.5. The van der Waals surface area contributed by atoms with Crippen LogP contribution in [0.25, 0.3) is 0 Å². The van der Waals surface area contributed by atoms with Crippen LogP contribution in [0.3, 0.4) is 0 Å². The van der Waals surface area contributed by atoms with Crippen molar-refractivity contribution < 1.29 is 9.53 Å². The van der Waals surface area contributed by atoms with Gasteiger partial charge in [-0.25, -0.2) is 9.89 Å². The van der Waals surface area contributed by atoms with Crippen molar-refractivity contribution >= 4 is 6.09 Å². The Balaban J connectivity index is 2.69. The van der Waals surface area contributed by atoms with Gasteiger partial charge in [0.15, 0.2) is 0 Å². The zero-order valence-electron chi connectivity index (χ0n) is 7.10. The van der Waals surface area contributed by atoms with Gasteiger partial charge in [-0.1, -0.05) is 0 Å². The predicted octanol–water partition coefficient (Wildman–Crippen LogP) is -1.97. The van der Waals surface area contributed by atoms with Crippen LogP contribution in [0.5, 0.6) is 0 Å². The number of H-pyrrole nitrogens is 1. The van der Waals surface area contributed by atoms with Crippen LogP contribution in [0.4, 0.5) is 4.79 Å². The number of aromatic amines is 1. The van der Waals surface area contributed by atoms with Gasteiger partial charge in [-0.3, -0.25) is 14.2 Å². The number of nitrogens with zero attached hydrogens (tertiary/aromatic N) is 2. The molecule has 0 unspecified atom stereocenters. The summed E-state index contributed by atoms with van der Waals surface area (Å²) in [6.45, 7) is -0.0426. The number of nitrogens with two attached hydrogens (primary N) is 1. The van der Waals surface area contributed by atoms with Gasteiger partial charge >= 0.3 is 17.2 Å². The fraction of sp³-hybridized carbons (Fsp3) is 0.333. The third kappa shape index (κ3) is 2.44. The third-order valence-corrected chi connectivity index (χ3v) is 1.39. The first-order valence-electron chi connectivity index (χ1n) is 3.67. The second-order valence-corrected chi connectivity index (χ2v) is 2.35. The fourth-order valence-electron chi connectivity index (χ4n) is 0.792. The molecule has 0 fully saturated rings. The molecule has 1 aromatic heterocycles. The minimum absolute atomic E-state index is 0.0404. The molecule has 1 rings (SSSR count). The maximum Gasteiger partial charge on any atom is 0.404 e. The molecule has 1 amide bonds. The van der Waals surface area contributed by atoms with E-state index in [0.717, 1.165) is 10.9 Å². The van der Waals surface area contributed by atoms with Gasteiger partial charge in [0.05, 0.1) is 6.54 Å². The van der Waals surface area contributed by atoms with Crippen LogP contribution in [0.1, 0.15) is 0 Å². The zero-order valence-corrected chi connectivity index (χ0v) is 7.10. The molecule has 0 aliphatic rings. The number of amides is 1. The Morgan fingerprint density at radius 3 is 3.00 bits per heavy atom. The molecule has 0 saturated carbocycles. The summed E-state index contributed by atoms with van der Waals surface area (Å²) in [4.78, 5) is 32.0. The van der Waals surface area contributed by atoms with Crippen molar-refractivity contribution in [2.45, 2.75) is 6.54 Å². The van der Waals surface area contributed by atoms with Gasteiger partial charge in [-0.2, -0.15) is 5.10 Å². The predicted molar refractivity (Wildman–Crippen MR) is 44.7 cm³/mol. The number of primary amides is 1. The zero-order chi connectivity index (χ0) is 10.6. The molecule has 14 heavy (non-hydrogen) atoms. The van der Waals surface area contributed by atoms with Crippen molar-refractivity contribution in [1.82, 2.24) is 14.8 Å². The number of carbonyl (C=O) groups excluding carboxylic acids is 1. The van der Waals surface area contributed by atoms with Crippen LogP contribution in [-0.2, 0) is 11.3 Å². The van der Waals surface area contributed by atoms with E-state index in [0.29, 0.717) is 0 Å². The number of nitrogens with one attached hydrogen (secondary N) is 1. The summed E-state index contributed by atoms with van der Waals surface area (Å²) in [5.41, 5.74) is 3.11. The lowest BCUT2D eigenvalue weighted by Crippen LogP contribution is -2.37. The number of ether oxygens (including phenoxy) is 1. The van der Waals surface area contributed by atoms with Crippen LogP contribution < -0.4 is 16.9 Å². The Labute approximate surface area is 77.3 Å². The Kier molecular flexibility index (Phi) is 3.00. The van der Waals surface area contributed by atoms with E-state index in [9.17, 15) is 14.4 Å². The summed E-state index contributed by atoms with van der Waals surface area (Å²) in [5, 5.41) is 5.36. The first kappa shape index (κ1) is 9.96. The summed E-state index contributed by atoms with van der Waals surface area (Å²) in [6, 6.07) is 0. The lowest BCUT2D eigenvalue weighted by atomic mass is 10.6. The smallest absolute Gasteiger partial charge is 0.404 e. The number of rotatable bonds is 3. The molecule has 8 nitrogen and oxygen atoms in total. The lowest BCUT2D eigenvalue weighted by molar-refractivity contribution is 0.151. The lowest BCUT2D eigenvalue weighted by Gasteiger charge is -2.02. The fourth-order valence-corrected chi connectivity index (χ4v) is 0.792. The Morgan fingerprint density at radius 1 is 1.64 bits per heavy atom. The van der Waals surface area contributed by atoms with E-state index in [1.807, 2.05) is 5.10 Å². The van der Waals surface area contributed by atoms with E-state index in [4.69, 9.17) is 5.73 Å². The summed E-state index contributed by atoms with van der Waals surface area (Å²) < 4.78 is 5.40. The van der Waals surface area contributed by atoms with E-state index >= 15 is 0 Å². The second-order valence-electron chi connectivity index (χ2n) is 2.35. The molecule has 3 N–H and O–H groups in total. The quantitative estimate of drug-likeness (QED) is 0.548. The van der Waals surface area contributed by atoms with Crippen molar-refractivity contribution in [1.29, 1.82) is 0 Å². The summed E-state index contributed by atoms with van der Waals surface area (Å²) >= 11 is 0. The number of aromatic nitrogens is 3. The molecule has 0 spiro atoms. The maximum atomic E-state index is 11.1. The molecule has 0 saturated heterocycles. The third-order valence-electron chi connectivity index (χ3n) is 1.39. The van der Waals surface area contributed by atoms with Crippen LogP contribution in [0.2, 0.25) is 0 Å². The van der Waals surface area contributed by atoms with E-state index in [1.165, 1.54) is 0 Å². The maximum absolute atomic E-state index is 11.1. The molecular formula is C6H8N4O4. The monoisotopic (exact) mass is 200 g/mol. The molecule has 0 atom stereocenters. The van der Waals surface area contributed by atoms with E-state index < -0.39 is 17.2 Å². The normalized spacial score (nSPS) is 9.71. The molecule has 0 aromatic carbocycles. The average molecular weight is 200 g/mol. The molecule has 0 radical (unpaired) electrons. The van der Waals surface area contributed by atoms with E-state index in [-0.39, 0.29) is 13.2 Å². The van der Waals surface area contributed by atoms with Gasteiger partial charge < -0.3 is 10.5 Å². The molecule has 0 aliphatic carbocycles. The minimum atomic E-state index is -0.934. The highest BCUT2D eigenvalue weighted by Crippen LogP contribution is 1.78. The molecule has 0 aliphatic heterocycles. The van der Waals surface area contributed by atoms with Gasteiger partial charge in [0.25, 0.3) is 0 Å². The Hall–Kier alpha value is -2.12. The number of hydrogen-bond donors (Lipinski definition) is 2. The van der Waals surface area contributed by atoms with Crippen molar-refractivity contribution in [3.63, 3.8) is 0 Å². The van der Waals surface area contributed by atoms with Gasteiger partial charge in [0, 0.05) is 0 Å². The Morgan fingerprint density at radius 2 is 2.36 bits per heavy atom. The van der Waals surface area contributed by atoms with Gasteiger partial charge in [-0.15, -0.1) is 0 Å². The largest absolute Gasteiger partial charge is 0.448 e.